The molecule has 1 heterocycles. The van der Waals surface area contributed by atoms with Gasteiger partial charge in [0.2, 0.25) is 0 Å². The minimum absolute atomic E-state index is 0.347. The second kappa shape index (κ2) is 1.99. The number of halogens is 1. The van der Waals surface area contributed by atoms with Gasteiger partial charge < -0.3 is 4.74 Å². The van der Waals surface area contributed by atoms with Crippen LogP contribution in [0.1, 0.15) is 13.8 Å². The quantitative estimate of drug-likeness (QED) is 0.515. The molecule has 48 valence electrons. The Labute approximate surface area is 58.5 Å². The van der Waals surface area contributed by atoms with Crippen molar-refractivity contribution in [2.24, 2.45) is 5.41 Å². The summed E-state index contributed by atoms with van der Waals surface area (Å²) in [5, 5.41) is 0. The predicted octanol–water partition coefficient (Wildman–Crippen LogP) is 1.81. The highest BCUT2D eigenvalue weighted by atomic mass is 79.9. The maximum atomic E-state index is 5.23. The van der Waals surface area contributed by atoms with Crippen LogP contribution in [0, 0.1) is 5.41 Å². The highest BCUT2D eigenvalue weighted by Crippen LogP contribution is 2.32. The van der Waals surface area contributed by atoms with Gasteiger partial charge >= 0.3 is 0 Å². The van der Waals surface area contributed by atoms with E-state index in [2.05, 4.69) is 29.8 Å². The molecule has 1 fully saturated rings. The molecule has 0 aromatic rings. The van der Waals surface area contributed by atoms with Gasteiger partial charge in [-0.05, 0) is 0 Å². The van der Waals surface area contributed by atoms with Crippen LogP contribution in [0.15, 0.2) is 0 Å². The zero-order valence-corrected chi connectivity index (χ0v) is 6.86. The largest absolute Gasteiger partial charge is 0.380 e. The van der Waals surface area contributed by atoms with Crippen molar-refractivity contribution in [1.29, 1.82) is 0 Å². The van der Waals surface area contributed by atoms with Crippen molar-refractivity contribution in [3.8, 4) is 0 Å². The molecular formula is C6H11BrO. The van der Waals surface area contributed by atoms with Crippen molar-refractivity contribution in [3.63, 3.8) is 0 Å². The van der Waals surface area contributed by atoms with Gasteiger partial charge in [-0.15, -0.1) is 0 Å². The minimum Gasteiger partial charge on any atom is -0.380 e. The van der Waals surface area contributed by atoms with Gasteiger partial charge in [-0.25, -0.2) is 0 Å². The van der Waals surface area contributed by atoms with E-state index in [4.69, 9.17) is 4.74 Å². The summed E-state index contributed by atoms with van der Waals surface area (Å²) < 4.78 is 5.23. The monoisotopic (exact) mass is 178 g/mol. The summed E-state index contributed by atoms with van der Waals surface area (Å²) in [5.74, 6) is 0. The minimum atomic E-state index is 0.347. The fourth-order valence-corrected chi connectivity index (χ4v) is 1.06. The smallest absolute Gasteiger partial charge is 0.0597 e. The molecular weight excluding hydrogens is 168 g/mol. The van der Waals surface area contributed by atoms with Gasteiger partial charge in [0, 0.05) is 10.2 Å². The summed E-state index contributed by atoms with van der Waals surface area (Å²) in [6.07, 6.45) is 0. The predicted molar refractivity (Wildman–Crippen MR) is 37.3 cm³/mol. The summed E-state index contributed by atoms with van der Waals surface area (Å²) in [6, 6.07) is 0. The first-order chi connectivity index (χ1) is 3.63. The highest BCUT2D eigenvalue weighted by molar-refractivity contribution is 9.09. The van der Waals surface area contributed by atoms with Gasteiger partial charge in [-0.2, -0.15) is 0 Å². The van der Waals surface area contributed by atoms with E-state index in [0.717, 1.165) is 13.2 Å². The topological polar surface area (TPSA) is 9.23 Å². The molecule has 8 heavy (non-hydrogen) atoms. The van der Waals surface area contributed by atoms with E-state index in [0.29, 0.717) is 10.2 Å². The lowest BCUT2D eigenvalue weighted by Crippen LogP contribution is -2.21. The first kappa shape index (κ1) is 6.56. The van der Waals surface area contributed by atoms with Crippen molar-refractivity contribution in [2.45, 2.75) is 18.7 Å². The summed E-state index contributed by atoms with van der Waals surface area (Å²) in [6.45, 7) is 6.18. The molecule has 1 atom stereocenters. The Morgan fingerprint density at radius 2 is 2.25 bits per heavy atom. The number of hydrogen-bond donors (Lipinski definition) is 0. The van der Waals surface area contributed by atoms with E-state index in [1.807, 2.05) is 0 Å². The third-order valence-corrected chi connectivity index (χ3v) is 3.09. The van der Waals surface area contributed by atoms with Gasteiger partial charge in [-0.3, -0.25) is 0 Å². The molecule has 0 aromatic heterocycles. The van der Waals surface area contributed by atoms with Gasteiger partial charge in [0.1, 0.15) is 0 Å². The zero-order valence-electron chi connectivity index (χ0n) is 5.28. The standard InChI is InChI=1S/C6H11BrO/c1-6(2)4-8-3-5(6)7/h5H,3-4H2,1-2H3. The SMILES string of the molecule is CC1(C)COCC1Br. The van der Waals surface area contributed by atoms with Crippen molar-refractivity contribution >= 4 is 15.9 Å². The van der Waals surface area contributed by atoms with Crippen LogP contribution in [0.5, 0.6) is 0 Å². The molecule has 1 saturated heterocycles. The van der Waals surface area contributed by atoms with Gasteiger partial charge in [-0.1, -0.05) is 29.8 Å². The first-order valence-electron chi connectivity index (χ1n) is 2.85. The second-order valence-corrected chi connectivity index (χ2v) is 4.08. The Morgan fingerprint density at radius 1 is 1.62 bits per heavy atom. The lowest BCUT2D eigenvalue weighted by molar-refractivity contribution is 0.167. The van der Waals surface area contributed by atoms with Crippen LogP contribution in [0.4, 0.5) is 0 Å². The summed E-state index contributed by atoms with van der Waals surface area (Å²) in [4.78, 5) is 0.551. The van der Waals surface area contributed by atoms with Crippen LogP contribution in [-0.4, -0.2) is 18.0 Å². The lowest BCUT2D eigenvalue weighted by atomic mass is 9.93. The Balaban J connectivity index is 2.54. The Hall–Kier alpha value is 0.440. The Morgan fingerprint density at radius 3 is 2.38 bits per heavy atom. The van der Waals surface area contributed by atoms with Crippen LogP contribution >= 0.6 is 15.9 Å². The second-order valence-electron chi connectivity index (χ2n) is 2.97. The van der Waals surface area contributed by atoms with Crippen LogP contribution in [0.3, 0.4) is 0 Å². The summed E-state index contributed by atoms with van der Waals surface area (Å²) in [5.41, 5.74) is 0.347. The molecule has 1 aliphatic rings. The Bertz CT molecular complexity index is 90.5. The molecule has 0 aromatic carbocycles. The van der Waals surface area contributed by atoms with E-state index in [-0.39, 0.29) is 0 Å². The lowest BCUT2D eigenvalue weighted by Gasteiger charge is -2.17. The first-order valence-corrected chi connectivity index (χ1v) is 3.76. The normalized spacial score (nSPS) is 35.6. The van der Waals surface area contributed by atoms with Crippen LogP contribution < -0.4 is 0 Å². The van der Waals surface area contributed by atoms with Gasteiger partial charge in [0.05, 0.1) is 13.2 Å². The fraction of sp³-hybridized carbons (Fsp3) is 1.00. The summed E-state index contributed by atoms with van der Waals surface area (Å²) >= 11 is 3.53. The third-order valence-electron chi connectivity index (χ3n) is 1.59. The van der Waals surface area contributed by atoms with E-state index >= 15 is 0 Å². The maximum Gasteiger partial charge on any atom is 0.0597 e. The number of alkyl halides is 1. The summed E-state index contributed by atoms with van der Waals surface area (Å²) in [7, 11) is 0. The molecule has 2 heteroatoms. The molecule has 0 radical (unpaired) electrons. The van der Waals surface area contributed by atoms with Gasteiger partial charge in [0.25, 0.3) is 0 Å². The molecule has 0 saturated carbocycles. The third kappa shape index (κ3) is 1.06. The van der Waals surface area contributed by atoms with Crippen LogP contribution in [0.2, 0.25) is 0 Å². The molecule has 1 aliphatic heterocycles. The van der Waals surface area contributed by atoms with Gasteiger partial charge in [0.15, 0.2) is 0 Å². The number of hydrogen-bond acceptors (Lipinski definition) is 1. The number of rotatable bonds is 0. The van der Waals surface area contributed by atoms with Crippen molar-refractivity contribution in [2.75, 3.05) is 13.2 Å². The van der Waals surface area contributed by atoms with E-state index in [9.17, 15) is 0 Å². The molecule has 1 rings (SSSR count). The molecule has 0 bridgehead atoms. The number of ether oxygens (including phenoxy) is 1. The highest BCUT2D eigenvalue weighted by Gasteiger charge is 2.33. The molecule has 0 spiro atoms. The molecule has 0 aliphatic carbocycles. The van der Waals surface area contributed by atoms with E-state index in [1.165, 1.54) is 0 Å². The Kier molecular flexibility index (Phi) is 1.63. The average Bonchev–Trinajstić information content (AvgIpc) is 1.86. The van der Waals surface area contributed by atoms with Crippen LogP contribution in [-0.2, 0) is 4.74 Å². The fourth-order valence-electron chi connectivity index (χ4n) is 0.741. The van der Waals surface area contributed by atoms with Crippen molar-refractivity contribution in [3.05, 3.63) is 0 Å². The molecule has 1 unspecified atom stereocenters. The molecule has 1 nitrogen and oxygen atoms in total. The molecule has 0 N–H and O–H groups in total. The maximum absolute atomic E-state index is 5.23. The van der Waals surface area contributed by atoms with E-state index in [1.54, 1.807) is 0 Å². The van der Waals surface area contributed by atoms with Crippen molar-refractivity contribution < 1.29 is 4.74 Å². The van der Waals surface area contributed by atoms with Crippen LogP contribution in [0.25, 0.3) is 0 Å². The zero-order chi connectivity index (χ0) is 6.20. The molecule has 0 amide bonds. The van der Waals surface area contributed by atoms with E-state index < -0.39 is 0 Å². The average molecular weight is 179 g/mol. The van der Waals surface area contributed by atoms with Crippen molar-refractivity contribution in [1.82, 2.24) is 0 Å².